The minimum Gasteiger partial charge on any atom is -0.505 e. The van der Waals surface area contributed by atoms with E-state index in [1.54, 1.807) is 0 Å². The third kappa shape index (κ3) is 13.6. The van der Waals surface area contributed by atoms with E-state index in [1.807, 2.05) is 0 Å². The average Bonchev–Trinajstić information content (AvgIpc) is 3.37. The molecule has 0 amide bonds. The van der Waals surface area contributed by atoms with Gasteiger partial charge in [0, 0.05) is 16.5 Å². The molecule has 0 atom stereocenters. The summed E-state index contributed by atoms with van der Waals surface area (Å²) < 4.78 is 172. The maximum absolute atomic E-state index is 13.4. The quantitative estimate of drug-likeness (QED) is 0.00581. The number of sulfone groups is 1. The van der Waals surface area contributed by atoms with Crippen LogP contribution in [0, 0.1) is 0 Å². The van der Waals surface area contributed by atoms with Crippen molar-refractivity contribution in [2.75, 3.05) is 28.5 Å². The molecule has 0 radical (unpaired) electrons. The van der Waals surface area contributed by atoms with Crippen molar-refractivity contribution >= 4 is 147 Å². The fourth-order valence-corrected chi connectivity index (χ4v) is 11.9. The van der Waals surface area contributed by atoms with E-state index in [2.05, 4.69) is 54.2 Å². The highest BCUT2D eigenvalue weighted by molar-refractivity contribution is 7.94. The molecule has 0 bridgehead atoms. The Balaban J connectivity index is 1.15. The number of nitrogen functional groups attached to an aromatic ring is 2. The summed E-state index contributed by atoms with van der Waals surface area (Å²) >= 11 is 0.244. The highest BCUT2D eigenvalue weighted by atomic mass is 32.2. The topological polar surface area (TPSA) is 476 Å². The van der Waals surface area contributed by atoms with Gasteiger partial charge in [0.15, 0.2) is 27.9 Å². The van der Waals surface area contributed by atoms with Gasteiger partial charge in [0.25, 0.3) is 40.4 Å². The number of sulfonamides is 1. The van der Waals surface area contributed by atoms with Crippen molar-refractivity contribution in [3.05, 3.63) is 109 Å². The van der Waals surface area contributed by atoms with Crippen molar-refractivity contribution in [3.8, 4) is 5.75 Å². The molecular weight excluding hydrogens is 1170 g/mol. The van der Waals surface area contributed by atoms with Crippen LogP contribution in [-0.4, -0.2) is 83.7 Å². The van der Waals surface area contributed by atoms with Crippen LogP contribution in [0.2, 0.25) is 0 Å². The molecule has 0 fully saturated rings. The first-order chi connectivity index (χ1) is 36.2. The van der Waals surface area contributed by atoms with Gasteiger partial charge in [-0.2, -0.15) is 35.5 Å². The summed E-state index contributed by atoms with van der Waals surface area (Å²) in [6.45, 7) is -0.555. The number of nitrogens with two attached hydrogens (primary N) is 2. The summed E-state index contributed by atoms with van der Waals surface area (Å²) in [6, 6.07) is 21.1. The predicted octanol–water partition coefficient (Wildman–Crippen LogP) is 8.85. The molecule has 0 saturated carbocycles. The number of nitrogens with one attached hydrogen (secondary N) is 1. The minimum atomic E-state index is -5.26. The Labute approximate surface area is 442 Å². The summed E-state index contributed by atoms with van der Waals surface area (Å²) in [5.74, 6) is -1.82. The highest BCUT2D eigenvalue weighted by Gasteiger charge is 2.27. The van der Waals surface area contributed by atoms with Crippen LogP contribution in [0.25, 0.3) is 21.5 Å². The molecule has 77 heavy (non-hydrogen) atoms. The Morgan fingerprint density at radius 1 is 0.571 bits per heavy atom. The first-order valence-corrected chi connectivity index (χ1v) is 29.2. The molecular formula is C40H33N9O21S7. The van der Waals surface area contributed by atoms with Gasteiger partial charge in [0.05, 0.1) is 67.2 Å². The van der Waals surface area contributed by atoms with E-state index in [1.165, 1.54) is 54.6 Å². The zero-order valence-electron chi connectivity index (χ0n) is 37.8. The van der Waals surface area contributed by atoms with Crippen molar-refractivity contribution in [2.24, 2.45) is 30.7 Å². The molecule has 0 aliphatic rings. The van der Waals surface area contributed by atoms with Crippen molar-refractivity contribution in [1.29, 1.82) is 0 Å². The lowest BCUT2D eigenvalue weighted by Crippen LogP contribution is -2.12. The Morgan fingerprint density at radius 2 is 1.17 bits per heavy atom. The Kier molecular flexibility index (Phi) is 17.5. The van der Waals surface area contributed by atoms with Gasteiger partial charge in [-0.25, -0.2) is 27.4 Å². The van der Waals surface area contributed by atoms with E-state index in [9.17, 15) is 60.9 Å². The second-order valence-corrected chi connectivity index (χ2v) is 24.3. The van der Waals surface area contributed by atoms with E-state index in [0.29, 0.717) is 6.07 Å². The van der Waals surface area contributed by atoms with Crippen LogP contribution in [-0.2, 0) is 73.1 Å². The van der Waals surface area contributed by atoms with E-state index in [4.69, 9.17) is 26.2 Å². The van der Waals surface area contributed by atoms with Crippen LogP contribution in [0.5, 0.6) is 5.75 Å². The normalized spacial score (nSPS) is 12.9. The lowest BCUT2D eigenvalue weighted by Gasteiger charge is -2.14. The molecule has 406 valence electrons. The van der Waals surface area contributed by atoms with Crippen LogP contribution in [0.15, 0.2) is 169 Å². The molecule has 11 N–H and O–H groups in total. The Morgan fingerprint density at radius 3 is 1.79 bits per heavy atom. The van der Waals surface area contributed by atoms with Crippen molar-refractivity contribution < 1.29 is 94.3 Å². The van der Waals surface area contributed by atoms with Crippen molar-refractivity contribution in [2.45, 2.75) is 29.4 Å². The first kappa shape index (κ1) is 57.8. The standard InChI is InChI=1S/C40H33N9O21S7/c41-29-14-13-27-28(2-1-3-32(27)75(57,58)59)37(29)46-43-22-4-6-24(7-5-22)49-74(55,56)25-10-8-23(9-11-25)44-48-39-34(77(63,64)65)19-21-18-31(71-69-67-51)38(36(42)35(21)40(39)50)47-45-30-15-12-26(20-33(30)76(60,61)62)73(53,54)17-16-66-72-70-68-52/h1-15,18-20,49-52H,16-17,41-42H2,(H,57,58,59)(H,60,61,62)(H,63,64,65). The minimum absolute atomic E-state index is 0.0777. The second kappa shape index (κ2) is 23.4. The van der Waals surface area contributed by atoms with Gasteiger partial charge in [0.1, 0.15) is 37.4 Å². The van der Waals surface area contributed by atoms with Crippen molar-refractivity contribution in [3.63, 3.8) is 0 Å². The zero-order chi connectivity index (χ0) is 56.1. The second-order valence-electron chi connectivity index (χ2n) is 15.0. The number of hydrogen-bond donors (Lipinski definition) is 9. The third-order valence-corrected chi connectivity index (χ3v) is 16.9. The Hall–Kier alpha value is -6.89. The van der Waals surface area contributed by atoms with Gasteiger partial charge in [-0.15, -0.1) is 29.1 Å². The number of aromatic hydroxyl groups is 1. The van der Waals surface area contributed by atoms with E-state index < -0.39 is 111 Å². The number of nitrogens with zero attached hydrogens (tertiary/aromatic N) is 6. The largest absolute Gasteiger partial charge is 0.505 e. The maximum atomic E-state index is 13.4. The lowest BCUT2D eigenvalue weighted by atomic mass is 10.1. The van der Waals surface area contributed by atoms with Crippen LogP contribution >= 0.6 is 24.4 Å². The van der Waals surface area contributed by atoms with Crippen molar-refractivity contribution in [1.82, 2.24) is 0 Å². The van der Waals surface area contributed by atoms with Gasteiger partial charge < -0.3 is 16.6 Å². The van der Waals surface area contributed by atoms with Crippen LogP contribution in [0.3, 0.4) is 0 Å². The number of benzene rings is 7. The molecule has 7 rings (SSSR count). The molecule has 30 nitrogen and oxygen atoms in total. The van der Waals surface area contributed by atoms with Gasteiger partial charge in [-0.3, -0.25) is 22.6 Å². The maximum Gasteiger partial charge on any atom is 0.296 e. The molecule has 0 aliphatic carbocycles. The predicted molar refractivity (Wildman–Crippen MR) is 272 cm³/mol. The third-order valence-electron chi connectivity index (χ3n) is 10.2. The smallest absolute Gasteiger partial charge is 0.296 e. The van der Waals surface area contributed by atoms with Gasteiger partial charge >= 0.3 is 0 Å². The SMILES string of the molecule is Nc1ccc2c(S(=O)(=O)O)cccc2c1N=Nc1ccc(NS(=O)(=O)c2ccc(N=Nc3c(S(=O)(=O)O)cc4cc(SOOO)c(N=Nc5ccc(S(=O)(=O)CCOSOOO)cc5S(=O)(=O)O)c(N)c4c3O)cc2)cc1. The molecule has 7 aromatic carbocycles. The van der Waals surface area contributed by atoms with Crippen LogP contribution < -0.4 is 16.2 Å². The summed E-state index contributed by atoms with van der Waals surface area (Å²) in [4.78, 5) is -3.70. The average molecular weight is 1200 g/mol. The number of azo groups is 3. The number of fused-ring (bicyclic) bond motifs is 2. The number of hydrogen-bond acceptors (Lipinski definition) is 28. The summed E-state index contributed by atoms with van der Waals surface area (Å²) in [5, 5.41) is 58.9. The van der Waals surface area contributed by atoms with Crippen LogP contribution in [0.4, 0.5) is 51.2 Å². The fourth-order valence-electron chi connectivity index (χ4n) is 6.82. The molecule has 7 aromatic rings. The van der Waals surface area contributed by atoms with E-state index in [0.717, 1.165) is 48.5 Å². The fraction of sp³-hybridized carbons (Fsp3) is 0.0500. The molecule has 0 spiro atoms. The summed E-state index contributed by atoms with van der Waals surface area (Å²) in [5.41, 5.74) is 10.2. The van der Waals surface area contributed by atoms with Gasteiger partial charge in [-0.1, -0.05) is 28.3 Å². The molecule has 0 aliphatic heterocycles. The molecule has 0 saturated heterocycles. The Bertz CT molecular complexity index is 4120. The number of anilines is 3. The molecule has 0 unspecified atom stereocenters. The van der Waals surface area contributed by atoms with Gasteiger partial charge in [-0.05, 0) is 96.4 Å². The number of phenolic OH excluding ortho intramolecular Hbond substituents is 1. The molecule has 0 heterocycles. The molecule has 0 aromatic heterocycles. The molecule has 37 heteroatoms. The summed E-state index contributed by atoms with van der Waals surface area (Å²) in [7, 11) is -23.7. The number of rotatable bonds is 22. The highest BCUT2D eigenvalue weighted by Crippen LogP contribution is 2.50. The van der Waals surface area contributed by atoms with E-state index in [-0.39, 0.29) is 83.6 Å². The first-order valence-electron chi connectivity index (χ1n) is 20.4. The number of phenols is 1. The van der Waals surface area contributed by atoms with E-state index >= 15 is 0 Å². The summed E-state index contributed by atoms with van der Waals surface area (Å²) in [6.07, 6.45) is 0. The zero-order valence-corrected chi connectivity index (χ0v) is 43.5. The lowest BCUT2D eigenvalue weighted by molar-refractivity contribution is -0.434. The monoisotopic (exact) mass is 1200 g/mol. The van der Waals surface area contributed by atoms with Crippen LogP contribution in [0.1, 0.15) is 0 Å². The van der Waals surface area contributed by atoms with Gasteiger partial charge in [0.2, 0.25) is 0 Å².